The van der Waals surface area contributed by atoms with E-state index >= 15 is 0 Å². The summed E-state index contributed by atoms with van der Waals surface area (Å²) in [6, 6.07) is 0. The topological polar surface area (TPSA) is 21.6 Å². The fraction of sp³-hybridized carbons (Fsp3) is 0.500. The van der Waals surface area contributed by atoms with Crippen LogP contribution in [0.2, 0.25) is 0 Å². The summed E-state index contributed by atoms with van der Waals surface area (Å²) in [5, 5.41) is 0. The number of ether oxygens (including phenoxy) is 1. The Balaban J connectivity index is 2.38. The first-order valence-corrected chi connectivity index (χ1v) is 4.27. The number of nitrogens with zero attached hydrogens (tertiary/aromatic N) is 1. The van der Waals surface area contributed by atoms with Crippen LogP contribution in [0.3, 0.4) is 0 Å². The minimum Gasteiger partial charge on any atom is -0.343 e. The van der Waals surface area contributed by atoms with Gasteiger partial charge in [0.2, 0.25) is 0 Å². The van der Waals surface area contributed by atoms with E-state index in [1.54, 1.807) is 0 Å². The molecule has 0 aromatic rings. The minimum absolute atomic E-state index is 0.0236. The summed E-state index contributed by atoms with van der Waals surface area (Å²) in [5.74, 6) is 0. The SMILES string of the molecule is CC1=CC2OC(C)N=C2C(C)=C1. The van der Waals surface area contributed by atoms with Gasteiger partial charge in [-0.2, -0.15) is 0 Å². The maximum Gasteiger partial charge on any atom is 0.147 e. The van der Waals surface area contributed by atoms with Crippen LogP contribution < -0.4 is 0 Å². The molecule has 0 radical (unpaired) electrons. The molecule has 1 aliphatic heterocycles. The molecule has 0 N–H and O–H groups in total. The highest BCUT2D eigenvalue weighted by Crippen LogP contribution is 2.24. The van der Waals surface area contributed by atoms with Crippen LogP contribution >= 0.6 is 0 Å². The monoisotopic (exact) mass is 163 g/mol. The van der Waals surface area contributed by atoms with Crippen molar-refractivity contribution in [2.24, 2.45) is 4.99 Å². The Hall–Kier alpha value is -0.890. The van der Waals surface area contributed by atoms with Crippen molar-refractivity contribution in [3.63, 3.8) is 0 Å². The Labute approximate surface area is 72.6 Å². The smallest absolute Gasteiger partial charge is 0.147 e. The summed E-state index contributed by atoms with van der Waals surface area (Å²) >= 11 is 0. The number of hydrogen-bond acceptors (Lipinski definition) is 2. The summed E-state index contributed by atoms with van der Waals surface area (Å²) in [6.45, 7) is 6.15. The molecule has 2 nitrogen and oxygen atoms in total. The van der Waals surface area contributed by atoms with Crippen LogP contribution in [0.1, 0.15) is 20.8 Å². The second kappa shape index (κ2) is 2.56. The van der Waals surface area contributed by atoms with Gasteiger partial charge in [0, 0.05) is 0 Å². The Bertz CT molecular complexity index is 299. The zero-order valence-corrected chi connectivity index (χ0v) is 7.66. The molecule has 0 amide bonds. The highest BCUT2D eigenvalue weighted by atomic mass is 16.5. The van der Waals surface area contributed by atoms with Crippen LogP contribution in [0.15, 0.2) is 28.3 Å². The van der Waals surface area contributed by atoms with Crippen molar-refractivity contribution >= 4 is 5.71 Å². The van der Waals surface area contributed by atoms with Gasteiger partial charge >= 0.3 is 0 Å². The largest absolute Gasteiger partial charge is 0.343 e. The molecule has 64 valence electrons. The van der Waals surface area contributed by atoms with Crippen LogP contribution in [0, 0.1) is 0 Å². The molecule has 0 saturated carbocycles. The highest BCUT2D eigenvalue weighted by molar-refractivity contribution is 6.06. The predicted octanol–water partition coefficient (Wildman–Crippen LogP) is 2.08. The van der Waals surface area contributed by atoms with E-state index in [2.05, 4.69) is 31.0 Å². The van der Waals surface area contributed by atoms with E-state index in [1.807, 2.05) is 6.92 Å². The van der Waals surface area contributed by atoms with Crippen molar-refractivity contribution in [1.29, 1.82) is 0 Å². The Morgan fingerprint density at radius 1 is 1.42 bits per heavy atom. The molecule has 2 rings (SSSR count). The molecule has 2 aliphatic rings. The van der Waals surface area contributed by atoms with E-state index < -0.39 is 0 Å². The van der Waals surface area contributed by atoms with Gasteiger partial charge in [0.15, 0.2) is 0 Å². The van der Waals surface area contributed by atoms with Gasteiger partial charge in [0.05, 0.1) is 5.71 Å². The van der Waals surface area contributed by atoms with Gasteiger partial charge < -0.3 is 4.74 Å². The Morgan fingerprint density at radius 2 is 2.17 bits per heavy atom. The molecule has 2 atom stereocenters. The molecule has 0 aromatic carbocycles. The summed E-state index contributed by atoms with van der Waals surface area (Å²) in [5.41, 5.74) is 3.61. The van der Waals surface area contributed by atoms with Gasteiger partial charge in [-0.3, -0.25) is 4.99 Å². The average molecular weight is 163 g/mol. The van der Waals surface area contributed by atoms with E-state index in [0.29, 0.717) is 0 Å². The molecule has 0 bridgehead atoms. The number of hydrogen-bond donors (Lipinski definition) is 0. The first-order chi connectivity index (χ1) is 5.66. The standard InChI is InChI=1S/C10H13NO/c1-6-4-7(2)10-9(5-6)12-8(3)11-10/h4-5,8-9H,1-3H3. The third-order valence-corrected chi connectivity index (χ3v) is 2.20. The lowest BCUT2D eigenvalue weighted by Crippen LogP contribution is -2.20. The van der Waals surface area contributed by atoms with E-state index in [4.69, 9.17) is 4.74 Å². The van der Waals surface area contributed by atoms with Gasteiger partial charge in [0.25, 0.3) is 0 Å². The number of rotatable bonds is 0. The first-order valence-electron chi connectivity index (χ1n) is 4.27. The lowest BCUT2D eigenvalue weighted by Gasteiger charge is -2.14. The van der Waals surface area contributed by atoms with Gasteiger partial charge in [-0.25, -0.2) is 0 Å². The lowest BCUT2D eigenvalue weighted by molar-refractivity contribution is 0.0862. The van der Waals surface area contributed by atoms with Crippen molar-refractivity contribution in [3.05, 3.63) is 23.3 Å². The van der Waals surface area contributed by atoms with Crippen LogP contribution in [0.25, 0.3) is 0 Å². The van der Waals surface area contributed by atoms with Crippen molar-refractivity contribution < 1.29 is 4.74 Å². The normalized spacial score (nSPS) is 33.8. The fourth-order valence-corrected chi connectivity index (χ4v) is 1.72. The molecule has 12 heavy (non-hydrogen) atoms. The van der Waals surface area contributed by atoms with E-state index in [0.717, 1.165) is 5.71 Å². The van der Waals surface area contributed by atoms with Crippen LogP contribution in [0.4, 0.5) is 0 Å². The molecule has 0 aromatic heterocycles. The zero-order valence-electron chi connectivity index (χ0n) is 7.66. The molecule has 2 heteroatoms. The summed E-state index contributed by atoms with van der Waals surface area (Å²) in [4.78, 5) is 4.41. The first kappa shape index (κ1) is 7.74. The molecular weight excluding hydrogens is 150 g/mol. The fourth-order valence-electron chi connectivity index (χ4n) is 1.72. The quantitative estimate of drug-likeness (QED) is 0.535. The van der Waals surface area contributed by atoms with Crippen molar-refractivity contribution in [2.75, 3.05) is 0 Å². The second-order valence-corrected chi connectivity index (χ2v) is 3.41. The summed E-state index contributed by atoms with van der Waals surface area (Å²) < 4.78 is 5.59. The summed E-state index contributed by atoms with van der Waals surface area (Å²) in [7, 11) is 0. The maximum absolute atomic E-state index is 5.59. The van der Waals surface area contributed by atoms with Crippen molar-refractivity contribution in [3.8, 4) is 0 Å². The van der Waals surface area contributed by atoms with Gasteiger partial charge in [-0.1, -0.05) is 11.6 Å². The Kier molecular flexibility index (Phi) is 1.65. The van der Waals surface area contributed by atoms with Crippen LogP contribution in [-0.4, -0.2) is 18.0 Å². The molecular formula is C10H13NO. The van der Waals surface area contributed by atoms with Gasteiger partial charge in [-0.15, -0.1) is 0 Å². The second-order valence-electron chi connectivity index (χ2n) is 3.41. The highest BCUT2D eigenvalue weighted by Gasteiger charge is 2.27. The maximum atomic E-state index is 5.59. The molecule has 0 saturated heterocycles. The predicted molar refractivity (Wildman–Crippen MR) is 49.3 cm³/mol. The van der Waals surface area contributed by atoms with E-state index in [1.165, 1.54) is 11.1 Å². The molecule has 0 spiro atoms. The van der Waals surface area contributed by atoms with Gasteiger partial charge in [0.1, 0.15) is 12.3 Å². The zero-order chi connectivity index (χ0) is 8.72. The number of allylic oxidation sites excluding steroid dienone is 2. The summed E-state index contributed by atoms with van der Waals surface area (Å²) in [6.07, 6.45) is 4.41. The van der Waals surface area contributed by atoms with Gasteiger partial charge in [-0.05, 0) is 32.4 Å². The molecule has 2 unspecified atom stereocenters. The molecule has 0 fully saturated rings. The van der Waals surface area contributed by atoms with E-state index in [9.17, 15) is 0 Å². The van der Waals surface area contributed by atoms with E-state index in [-0.39, 0.29) is 12.3 Å². The van der Waals surface area contributed by atoms with Crippen molar-refractivity contribution in [2.45, 2.75) is 33.1 Å². The lowest BCUT2D eigenvalue weighted by atomic mass is 9.97. The third-order valence-electron chi connectivity index (χ3n) is 2.20. The third kappa shape index (κ3) is 1.12. The van der Waals surface area contributed by atoms with Crippen molar-refractivity contribution in [1.82, 2.24) is 0 Å². The minimum atomic E-state index is 0.0236. The Morgan fingerprint density at radius 3 is 2.92 bits per heavy atom. The average Bonchev–Trinajstić information content (AvgIpc) is 2.29. The van der Waals surface area contributed by atoms with Crippen LogP contribution in [0.5, 0.6) is 0 Å². The van der Waals surface area contributed by atoms with Crippen LogP contribution in [-0.2, 0) is 4.74 Å². The molecule has 1 heterocycles. The molecule has 1 aliphatic carbocycles. The number of aliphatic imine (C=N–C) groups is 1. The number of fused-ring (bicyclic) bond motifs is 1.